The molecule has 79 valence electrons. The number of benzene rings is 1. The molecule has 1 aromatic rings. The zero-order valence-electron chi connectivity index (χ0n) is 8.65. The second-order valence-corrected chi connectivity index (χ2v) is 3.77. The molecule has 1 aliphatic rings. The molecule has 3 nitrogen and oxygen atoms in total. The lowest BCUT2D eigenvalue weighted by Gasteiger charge is -2.20. The number of para-hydroxylation sites is 1. The summed E-state index contributed by atoms with van der Waals surface area (Å²) in [5.74, 6) is 0.0286. The molecule has 0 aliphatic carbocycles. The van der Waals surface area contributed by atoms with Crippen molar-refractivity contribution >= 4 is 11.6 Å². The molecule has 1 unspecified atom stereocenters. The van der Waals surface area contributed by atoms with Crippen LogP contribution < -0.4 is 10.6 Å². The molecule has 0 bridgehead atoms. The van der Waals surface area contributed by atoms with E-state index in [2.05, 4.69) is 10.6 Å². The average Bonchev–Trinajstić information content (AvgIpc) is 2.31. The summed E-state index contributed by atoms with van der Waals surface area (Å²) in [4.78, 5) is 11.8. The van der Waals surface area contributed by atoms with Crippen LogP contribution in [0.25, 0.3) is 0 Å². The summed E-state index contributed by atoms with van der Waals surface area (Å²) >= 11 is 0. The molecule has 1 amide bonds. The van der Waals surface area contributed by atoms with Gasteiger partial charge in [-0.05, 0) is 31.4 Å². The van der Waals surface area contributed by atoms with Crippen molar-refractivity contribution in [2.75, 3.05) is 11.9 Å². The van der Waals surface area contributed by atoms with Gasteiger partial charge in [-0.15, -0.1) is 0 Å². The first-order valence-corrected chi connectivity index (χ1v) is 5.39. The molecule has 1 aliphatic heterocycles. The fourth-order valence-electron chi connectivity index (χ4n) is 1.75. The van der Waals surface area contributed by atoms with Crippen LogP contribution in [-0.4, -0.2) is 18.5 Å². The van der Waals surface area contributed by atoms with Crippen molar-refractivity contribution in [1.82, 2.24) is 5.32 Å². The highest BCUT2D eigenvalue weighted by molar-refractivity contribution is 5.94. The minimum absolute atomic E-state index is 0.0286. The lowest BCUT2D eigenvalue weighted by atomic mass is 10.0. The molecular weight excluding hydrogens is 188 g/mol. The van der Waals surface area contributed by atoms with Crippen LogP contribution in [0.2, 0.25) is 0 Å². The molecule has 1 N–H and O–H groups in total. The van der Waals surface area contributed by atoms with E-state index in [9.17, 15) is 4.79 Å². The van der Waals surface area contributed by atoms with Crippen LogP contribution >= 0.6 is 0 Å². The van der Waals surface area contributed by atoms with Crippen LogP contribution in [-0.2, 0) is 4.79 Å². The summed E-state index contributed by atoms with van der Waals surface area (Å²) in [5.41, 5.74) is 0.850. The van der Waals surface area contributed by atoms with Crippen molar-refractivity contribution in [2.45, 2.75) is 25.3 Å². The van der Waals surface area contributed by atoms with Crippen molar-refractivity contribution < 1.29 is 4.79 Å². The maximum absolute atomic E-state index is 11.8. The average molecular weight is 203 g/mol. The zero-order chi connectivity index (χ0) is 10.5. The Morgan fingerprint density at radius 1 is 1.27 bits per heavy atom. The first kappa shape index (κ1) is 10.2. The van der Waals surface area contributed by atoms with Crippen molar-refractivity contribution in [3.05, 3.63) is 30.3 Å². The second-order valence-electron chi connectivity index (χ2n) is 3.77. The van der Waals surface area contributed by atoms with Gasteiger partial charge in [-0.2, -0.15) is 0 Å². The molecule has 15 heavy (non-hydrogen) atoms. The van der Waals surface area contributed by atoms with Gasteiger partial charge in [0, 0.05) is 12.2 Å². The topological polar surface area (TPSA) is 43.2 Å². The Kier molecular flexibility index (Phi) is 3.35. The van der Waals surface area contributed by atoms with Crippen LogP contribution in [0.15, 0.2) is 30.3 Å². The number of carbonyl (C=O) groups is 1. The van der Waals surface area contributed by atoms with E-state index in [0.29, 0.717) is 0 Å². The van der Waals surface area contributed by atoms with Gasteiger partial charge in [0.1, 0.15) is 6.04 Å². The normalized spacial score (nSPS) is 20.9. The molecule has 0 spiro atoms. The first-order valence-electron chi connectivity index (χ1n) is 5.39. The fraction of sp³-hybridized carbons (Fsp3) is 0.417. The molecule has 1 fully saturated rings. The predicted molar refractivity (Wildman–Crippen MR) is 59.7 cm³/mol. The molecule has 1 aromatic carbocycles. The van der Waals surface area contributed by atoms with Crippen LogP contribution in [0, 0.1) is 0 Å². The Labute approximate surface area is 89.9 Å². The number of rotatable bonds is 2. The van der Waals surface area contributed by atoms with Gasteiger partial charge < -0.3 is 5.32 Å². The standard InChI is InChI=1S/C12H15N2O/c15-12(11-8-4-5-9-13-11)14-10-6-2-1-3-7-10/h1-3,6-7,11H,4-5,8-9H2,(H,14,15). The first-order chi connectivity index (χ1) is 7.36. The summed E-state index contributed by atoms with van der Waals surface area (Å²) < 4.78 is 0. The largest absolute Gasteiger partial charge is 0.325 e. The van der Waals surface area contributed by atoms with Crippen molar-refractivity contribution in [3.63, 3.8) is 0 Å². The van der Waals surface area contributed by atoms with E-state index in [1.54, 1.807) is 0 Å². The van der Waals surface area contributed by atoms with Gasteiger partial charge in [0.15, 0.2) is 0 Å². The van der Waals surface area contributed by atoms with Gasteiger partial charge in [0.05, 0.1) is 0 Å². The molecule has 0 saturated carbocycles. The second kappa shape index (κ2) is 4.94. The Morgan fingerprint density at radius 2 is 2.07 bits per heavy atom. The van der Waals surface area contributed by atoms with E-state index in [-0.39, 0.29) is 11.9 Å². The van der Waals surface area contributed by atoms with E-state index >= 15 is 0 Å². The maximum atomic E-state index is 11.8. The Hall–Kier alpha value is -1.35. The van der Waals surface area contributed by atoms with Gasteiger partial charge in [-0.1, -0.05) is 18.2 Å². The zero-order valence-corrected chi connectivity index (χ0v) is 8.65. The van der Waals surface area contributed by atoms with Crippen LogP contribution in [0.4, 0.5) is 5.69 Å². The SMILES string of the molecule is O=C(Nc1ccccc1)C1CCCC[N]1. The van der Waals surface area contributed by atoms with Crippen LogP contribution in [0.3, 0.4) is 0 Å². The predicted octanol–water partition coefficient (Wildman–Crippen LogP) is 1.78. The number of hydrogen-bond donors (Lipinski definition) is 1. The van der Waals surface area contributed by atoms with Crippen LogP contribution in [0.5, 0.6) is 0 Å². The summed E-state index contributed by atoms with van der Waals surface area (Å²) in [5, 5.41) is 7.19. The lowest BCUT2D eigenvalue weighted by molar-refractivity contribution is -0.118. The molecule has 2 rings (SSSR count). The van der Waals surface area contributed by atoms with Gasteiger partial charge >= 0.3 is 0 Å². The smallest absolute Gasteiger partial charge is 0.243 e. The number of nitrogens with zero attached hydrogens (tertiary/aromatic N) is 1. The van der Waals surface area contributed by atoms with E-state index < -0.39 is 0 Å². The molecule has 3 heteroatoms. The molecule has 0 aromatic heterocycles. The summed E-state index contributed by atoms with van der Waals surface area (Å²) in [6.45, 7) is 0.826. The minimum atomic E-state index is -0.140. The van der Waals surface area contributed by atoms with Crippen molar-refractivity contribution in [2.24, 2.45) is 0 Å². The number of piperidine rings is 1. The van der Waals surface area contributed by atoms with Gasteiger partial charge in [-0.25, -0.2) is 5.32 Å². The third kappa shape index (κ3) is 2.80. The van der Waals surface area contributed by atoms with Gasteiger partial charge in [0.2, 0.25) is 5.91 Å². The Bertz CT molecular complexity index is 318. The van der Waals surface area contributed by atoms with E-state index in [1.165, 1.54) is 0 Å². The number of hydrogen-bond acceptors (Lipinski definition) is 1. The molecule has 1 atom stereocenters. The summed E-state index contributed by atoms with van der Waals surface area (Å²) in [6, 6.07) is 9.39. The van der Waals surface area contributed by atoms with Crippen LogP contribution in [0.1, 0.15) is 19.3 Å². The highest BCUT2D eigenvalue weighted by Gasteiger charge is 2.21. The molecule has 1 heterocycles. The molecule has 1 radical (unpaired) electrons. The third-order valence-electron chi connectivity index (χ3n) is 2.58. The van der Waals surface area contributed by atoms with E-state index in [4.69, 9.17) is 0 Å². The number of anilines is 1. The fourth-order valence-corrected chi connectivity index (χ4v) is 1.75. The van der Waals surface area contributed by atoms with Crippen molar-refractivity contribution in [1.29, 1.82) is 0 Å². The highest BCUT2D eigenvalue weighted by atomic mass is 16.2. The summed E-state index contributed by atoms with van der Waals surface area (Å²) in [7, 11) is 0. The van der Waals surface area contributed by atoms with Gasteiger partial charge in [-0.3, -0.25) is 4.79 Å². The third-order valence-corrected chi connectivity index (χ3v) is 2.58. The number of nitrogens with one attached hydrogen (secondary N) is 1. The number of carbonyl (C=O) groups excluding carboxylic acids is 1. The monoisotopic (exact) mass is 203 g/mol. The lowest BCUT2D eigenvalue weighted by Crippen LogP contribution is -2.38. The Morgan fingerprint density at radius 3 is 2.73 bits per heavy atom. The quantitative estimate of drug-likeness (QED) is 0.782. The highest BCUT2D eigenvalue weighted by Crippen LogP contribution is 2.12. The Balaban J connectivity index is 1.91. The van der Waals surface area contributed by atoms with E-state index in [0.717, 1.165) is 31.5 Å². The van der Waals surface area contributed by atoms with Crippen molar-refractivity contribution in [3.8, 4) is 0 Å². The van der Waals surface area contributed by atoms with Gasteiger partial charge in [0.25, 0.3) is 0 Å². The summed E-state index contributed by atoms with van der Waals surface area (Å²) in [6.07, 6.45) is 3.12. The minimum Gasteiger partial charge on any atom is -0.325 e. The molecule has 1 saturated heterocycles. The van der Waals surface area contributed by atoms with E-state index in [1.807, 2.05) is 30.3 Å². The maximum Gasteiger partial charge on any atom is 0.243 e. The number of amides is 1. The molecular formula is C12H15N2O.